The van der Waals surface area contributed by atoms with Crippen molar-refractivity contribution in [3.63, 3.8) is 0 Å². The molecular formula is C16H10BrF2NO2. The number of hydrogen-bond acceptors (Lipinski definition) is 2. The van der Waals surface area contributed by atoms with Crippen LogP contribution in [0.25, 0.3) is 5.57 Å². The highest BCUT2D eigenvalue weighted by molar-refractivity contribution is 9.10. The third-order valence-corrected chi connectivity index (χ3v) is 3.86. The molecule has 2 N–H and O–H groups in total. The minimum atomic E-state index is -1.18. The molecule has 0 unspecified atom stereocenters. The molecule has 0 atom stereocenters. The maximum absolute atomic E-state index is 14.4. The molecule has 6 heteroatoms. The molecular weight excluding hydrogens is 356 g/mol. The Morgan fingerprint density at radius 3 is 2.64 bits per heavy atom. The second-order valence-corrected chi connectivity index (χ2v) is 5.70. The van der Waals surface area contributed by atoms with Crippen molar-refractivity contribution in [3.05, 3.63) is 69.2 Å². The van der Waals surface area contributed by atoms with E-state index in [9.17, 15) is 13.6 Å². The van der Waals surface area contributed by atoms with E-state index in [-0.39, 0.29) is 17.9 Å². The zero-order chi connectivity index (χ0) is 15.9. The molecule has 0 bridgehead atoms. The van der Waals surface area contributed by atoms with E-state index in [1.165, 1.54) is 12.1 Å². The van der Waals surface area contributed by atoms with E-state index in [1.807, 2.05) is 0 Å². The number of carbonyl (C=O) groups excluding carboxylic acids is 1. The highest BCUT2D eigenvalue weighted by Crippen LogP contribution is 2.39. The monoisotopic (exact) mass is 365 g/mol. The lowest BCUT2D eigenvalue weighted by Crippen LogP contribution is -2.13. The van der Waals surface area contributed by atoms with Crippen molar-refractivity contribution in [2.24, 2.45) is 5.73 Å². The molecule has 0 aliphatic carbocycles. The average Bonchev–Trinajstić information content (AvgIpc) is 2.62. The molecule has 0 saturated heterocycles. The van der Waals surface area contributed by atoms with E-state index < -0.39 is 17.6 Å². The quantitative estimate of drug-likeness (QED) is 0.783. The molecule has 1 aliphatic rings. The molecule has 2 aromatic rings. The number of carbonyl (C=O) groups is 1. The van der Waals surface area contributed by atoms with Crippen LogP contribution in [0.15, 0.2) is 46.7 Å². The van der Waals surface area contributed by atoms with Gasteiger partial charge >= 0.3 is 0 Å². The van der Waals surface area contributed by atoms with E-state index in [1.54, 1.807) is 18.2 Å². The van der Waals surface area contributed by atoms with Gasteiger partial charge in [-0.25, -0.2) is 8.78 Å². The largest absolute Gasteiger partial charge is 0.488 e. The van der Waals surface area contributed by atoms with E-state index in [2.05, 4.69) is 15.9 Å². The van der Waals surface area contributed by atoms with Gasteiger partial charge in [0.1, 0.15) is 18.2 Å². The normalized spacial score (nSPS) is 15.2. The smallest absolute Gasteiger partial charge is 0.278 e. The summed E-state index contributed by atoms with van der Waals surface area (Å²) in [6, 6.07) is 8.86. The molecule has 0 saturated carbocycles. The number of ether oxygens (including phenoxy) is 1. The standard InChI is InChI=1S/C16H10BrF2NO2/c17-9-1-3-11-8(5-9)7-22-13-6-10(18)2-4-12(13)14(11)15(19)16(20)21/h1-6H,7H2,(H2,20,21)/b15-14+. The fourth-order valence-electron chi connectivity index (χ4n) is 2.41. The number of halogens is 3. The lowest BCUT2D eigenvalue weighted by atomic mass is 9.93. The van der Waals surface area contributed by atoms with E-state index in [0.717, 1.165) is 10.5 Å². The molecule has 0 radical (unpaired) electrons. The van der Waals surface area contributed by atoms with Crippen LogP contribution in [0.3, 0.4) is 0 Å². The third-order valence-electron chi connectivity index (χ3n) is 3.37. The highest BCUT2D eigenvalue weighted by Gasteiger charge is 2.25. The second kappa shape index (κ2) is 5.53. The minimum absolute atomic E-state index is 0.0162. The van der Waals surface area contributed by atoms with Crippen molar-refractivity contribution >= 4 is 27.4 Å². The first-order valence-electron chi connectivity index (χ1n) is 6.38. The third kappa shape index (κ3) is 2.50. The van der Waals surface area contributed by atoms with Crippen LogP contribution < -0.4 is 10.5 Å². The Morgan fingerprint density at radius 1 is 1.18 bits per heavy atom. The average molecular weight is 366 g/mol. The molecule has 3 rings (SSSR count). The Hall–Kier alpha value is -2.21. The summed E-state index contributed by atoms with van der Waals surface area (Å²) in [6.07, 6.45) is 0. The first-order valence-corrected chi connectivity index (χ1v) is 7.18. The number of hydrogen-bond donors (Lipinski definition) is 1. The van der Waals surface area contributed by atoms with Gasteiger partial charge in [0.05, 0.1) is 0 Å². The van der Waals surface area contributed by atoms with Crippen LogP contribution in [0.1, 0.15) is 16.7 Å². The van der Waals surface area contributed by atoms with E-state index in [4.69, 9.17) is 10.5 Å². The number of rotatable bonds is 1. The number of benzene rings is 2. The lowest BCUT2D eigenvalue weighted by molar-refractivity contribution is -0.115. The topological polar surface area (TPSA) is 52.3 Å². The molecule has 1 heterocycles. The molecule has 0 aromatic heterocycles. The van der Waals surface area contributed by atoms with Crippen LogP contribution in [0.4, 0.5) is 8.78 Å². The summed E-state index contributed by atoms with van der Waals surface area (Å²) in [5, 5.41) is 0. The first-order chi connectivity index (χ1) is 10.5. The Morgan fingerprint density at radius 2 is 1.91 bits per heavy atom. The van der Waals surface area contributed by atoms with Crippen molar-refractivity contribution in [2.75, 3.05) is 0 Å². The van der Waals surface area contributed by atoms with Gasteiger partial charge in [-0.2, -0.15) is 0 Å². The highest BCUT2D eigenvalue weighted by atomic mass is 79.9. The zero-order valence-corrected chi connectivity index (χ0v) is 12.8. The van der Waals surface area contributed by atoms with Gasteiger partial charge in [-0.05, 0) is 35.4 Å². The van der Waals surface area contributed by atoms with Gasteiger partial charge in [-0.1, -0.05) is 22.0 Å². The molecule has 0 fully saturated rings. The fourth-order valence-corrected chi connectivity index (χ4v) is 2.82. The Labute approximate surface area is 133 Å². The van der Waals surface area contributed by atoms with Crippen LogP contribution >= 0.6 is 15.9 Å². The van der Waals surface area contributed by atoms with Crippen LogP contribution in [0.2, 0.25) is 0 Å². The molecule has 2 aromatic carbocycles. The van der Waals surface area contributed by atoms with Gasteiger partial charge in [0.15, 0.2) is 5.83 Å². The predicted octanol–water partition coefficient (Wildman–Crippen LogP) is 3.69. The number of nitrogens with two attached hydrogens (primary N) is 1. The van der Waals surface area contributed by atoms with E-state index >= 15 is 0 Å². The lowest BCUT2D eigenvalue weighted by Gasteiger charge is -2.11. The maximum atomic E-state index is 14.4. The number of amides is 1. The van der Waals surface area contributed by atoms with Gasteiger partial charge in [0, 0.05) is 21.7 Å². The van der Waals surface area contributed by atoms with Gasteiger partial charge < -0.3 is 10.5 Å². The first kappa shape index (κ1) is 14.7. The maximum Gasteiger partial charge on any atom is 0.278 e. The molecule has 1 aliphatic heterocycles. The fraction of sp³-hybridized carbons (Fsp3) is 0.0625. The van der Waals surface area contributed by atoms with Crippen LogP contribution in [0, 0.1) is 5.82 Å². The van der Waals surface area contributed by atoms with Crippen LogP contribution in [-0.4, -0.2) is 5.91 Å². The van der Waals surface area contributed by atoms with E-state index in [0.29, 0.717) is 16.7 Å². The Bertz CT molecular complexity index is 762. The van der Waals surface area contributed by atoms with Crippen molar-refractivity contribution in [2.45, 2.75) is 6.61 Å². The van der Waals surface area contributed by atoms with Crippen molar-refractivity contribution in [1.82, 2.24) is 0 Å². The Kier molecular flexibility index (Phi) is 3.70. The zero-order valence-electron chi connectivity index (χ0n) is 11.2. The summed E-state index contributed by atoms with van der Waals surface area (Å²) in [6.45, 7) is 0.126. The summed E-state index contributed by atoms with van der Waals surface area (Å²) in [5.74, 6) is -2.61. The summed E-state index contributed by atoms with van der Waals surface area (Å²) in [7, 11) is 0. The van der Waals surface area contributed by atoms with Gasteiger partial charge in [-0.3, -0.25) is 4.79 Å². The van der Waals surface area contributed by atoms with Crippen molar-refractivity contribution in [3.8, 4) is 5.75 Å². The molecule has 112 valence electrons. The Balaban J connectivity index is 2.35. The summed E-state index contributed by atoms with van der Waals surface area (Å²) in [4.78, 5) is 11.3. The molecule has 3 nitrogen and oxygen atoms in total. The summed E-state index contributed by atoms with van der Waals surface area (Å²) in [5.41, 5.74) is 6.56. The SMILES string of the molecule is NC(=O)/C(F)=C1/c2ccc(Br)cc2COc2cc(F)ccc21. The second-order valence-electron chi connectivity index (χ2n) is 4.78. The van der Waals surface area contributed by atoms with Gasteiger partial charge in [-0.15, -0.1) is 0 Å². The summed E-state index contributed by atoms with van der Waals surface area (Å²) < 4.78 is 34.2. The number of primary amides is 1. The predicted molar refractivity (Wildman–Crippen MR) is 81.2 cm³/mol. The van der Waals surface area contributed by atoms with Gasteiger partial charge in [0.2, 0.25) is 0 Å². The minimum Gasteiger partial charge on any atom is -0.488 e. The van der Waals surface area contributed by atoms with Crippen LogP contribution in [0.5, 0.6) is 5.75 Å². The molecule has 1 amide bonds. The van der Waals surface area contributed by atoms with Gasteiger partial charge in [0.25, 0.3) is 5.91 Å². The molecule has 22 heavy (non-hydrogen) atoms. The number of fused-ring (bicyclic) bond motifs is 2. The van der Waals surface area contributed by atoms with Crippen molar-refractivity contribution < 1.29 is 18.3 Å². The molecule has 0 spiro atoms. The van der Waals surface area contributed by atoms with Crippen molar-refractivity contribution in [1.29, 1.82) is 0 Å². The van der Waals surface area contributed by atoms with Crippen LogP contribution in [-0.2, 0) is 11.4 Å². The summed E-state index contributed by atoms with van der Waals surface area (Å²) >= 11 is 3.33.